The van der Waals surface area contributed by atoms with Gasteiger partial charge in [0.25, 0.3) is 5.91 Å². The van der Waals surface area contributed by atoms with Crippen molar-refractivity contribution in [3.63, 3.8) is 0 Å². The van der Waals surface area contributed by atoms with Crippen LogP contribution in [0.15, 0.2) is 0 Å². The molecular weight excluding hydrogens is 176 g/mol. The van der Waals surface area contributed by atoms with Crippen molar-refractivity contribution in [2.24, 2.45) is 11.8 Å². The van der Waals surface area contributed by atoms with E-state index in [1.165, 1.54) is 4.90 Å². The van der Waals surface area contributed by atoms with Gasteiger partial charge in [-0.1, -0.05) is 13.8 Å². The highest BCUT2D eigenvalue weighted by molar-refractivity contribution is 5.79. The fourth-order valence-electron chi connectivity index (χ4n) is 1.98. The molecule has 1 heterocycles. The Morgan fingerprint density at radius 2 is 1.77 bits per heavy atom. The fourth-order valence-corrected chi connectivity index (χ4v) is 1.98. The molecule has 2 unspecified atom stereocenters. The van der Waals surface area contributed by atoms with Crippen molar-refractivity contribution in [2.45, 2.75) is 26.7 Å². The summed E-state index contributed by atoms with van der Waals surface area (Å²) in [4.78, 5) is 12.2. The lowest BCUT2D eigenvalue weighted by atomic mass is 9.92. The maximum absolute atomic E-state index is 12.1. The van der Waals surface area contributed by atoms with Crippen LogP contribution >= 0.6 is 0 Å². The van der Waals surface area contributed by atoms with Crippen molar-refractivity contribution in [3.8, 4) is 0 Å². The van der Waals surface area contributed by atoms with E-state index in [-0.39, 0.29) is 0 Å². The third-order valence-electron chi connectivity index (χ3n) is 2.37. The van der Waals surface area contributed by atoms with E-state index in [1.54, 1.807) is 0 Å². The highest BCUT2D eigenvalue weighted by Crippen LogP contribution is 2.21. The first-order valence-corrected chi connectivity index (χ1v) is 4.57. The highest BCUT2D eigenvalue weighted by atomic mass is 19.3. The number of nitrogens with zero attached hydrogens (tertiary/aromatic N) is 1. The molecule has 1 saturated heterocycles. The third-order valence-corrected chi connectivity index (χ3v) is 2.37. The second-order valence-corrected chi connectivity index (χ2v) is 3.99. The van der Waals surface area contributed by atoms with Gasteiger partial charge in [0.2, 0.25) is 0 Å². The molecule has 1 rings (SSSR count). The Hall–Kier alpha value is -0.670. The number of amides is 1. The van der Waals surface area contributed by atoms with Gasteiger partial charge >= 0.3 is 6.43 Å². The van der Waals surface area contributed by atoms with Crippen LogP contribution in [0.4, 0.5) is 8.78 Å². The van der Waals surface area contributed by atoms with E-state index in [0.717, 1.165) is 6.42 Å². The van der Waals surface area contributed by atoms with E-state index in [9.17, 15) is 13.6 Å². The number of piperidine rings is 1. The Morgan fingerprint density at radius 3 is 2.15 bits per heavy atom. The number of rotatable bonds is 1. The van der Waals surface area contributed by atoms with Crippen LogP contribution in [0, 0.1) is 11.8 Å². The molecule has 4 heteroatoms. The maximum atomic E-state index is 12.1. The molecule has 1 aliphatic rings. The summed E-state index contributed by atoms with van der Waals surface area (Å²) in [5, 5.41) is 0. The number of carbonyl (C=O) groups is 1. The molecule has 0 radical (unpaired) electrons. The molecule has 1 fully saturated rings. The number of carbonyl (C=O) groups excluding carboxylic acids is 1. The average Bonchev–Trinajstić information content (AvgIpc) is 2.01. The molecular formula is C9H15F2NO. The Kier molecular flexibility index (Phi) is 3.22. The van der Waals surface area contributed by atoms with E-state index in [0.29, 0.717) is 24.9 Å². The van der Waals surface area contributed by atoms with Crippen LogP contribution in [0.5, 0.6) is 0 Å². The summed E-state index contributed by atoms with van der Waals surface area (Å²) >= 11 is 0. The molecule has 0 N–H and O–H groups in total. The quantitative estimate of drug-likeness (QED) is 0.618. The van der Waals surface area contributed by atoms with E-state index in [1.807, 2.05) is 13.8 Å². The summed E-state index contributed by atoms with van der Waals surface area (Å²) in [5.41, 5.74) is 0. The van der Waals surface area contributed by atoms with Crippen molar-refractivity contribution in [2.75, 3.05) is 13.1 Å². The number of hydrogen-bond donors (Lipinski definition) is 0. The van der Waals surface area contributed by atoms with Gasteiger partial charge in [0.05, 0.1) is 0 Å². The van der Waals surface area contributed by atoms with Crippen molar-refractivity contribution in [1.29, 1.82) is 0 Å². The lowest BCUT2D eigenvalue weighted by Gasteiger charge is -2.34. The van der Waals surface area contributed by atoms with Crippen molar-refractivity contribution >= 4 is 5.91 Å². The second kappa shape index (κ2) is 4.03. The van der Waals surface area contributed by atoms with Crippen LogP contribution in [0.25, 0.3) is 0 Å². The fraction of sp³-hybridized carbons (Fsp3) is 0.889. The van der Waals surface area contributed by atoms with Gasteiger partial charge in [-0.3, -0.25) is 4.79 Å². The molecule has 0 aliphatic carbocycles. The van der Waals surface area contributed by atoms with Crippen LogP contribution in [-0.2, 0) is 4.79 Å². The van der Waals surface area contributed by atoms with E-state index in [2.05, 4.69) is 0 Å². The van der Waals surface area contributed by atoms with Crippen molar-refractivity contribution in [1.82, 2.24) is 4.90 Å². The zero-order valence-electron chi connectivity index (χ0n) is 7.96. The summed E-state index contributed by atoms with van der Waals surface area (Å²) in [6, 6.07) is 0. The van der Waals surface area contributed by atoms with Gasteiger partial charge in [0.15, 0.2) is 0 Å². The number of halogens is 2. The van der Waals surface area contributed by atoms with Gasteiger partial charge in [-0.05, 0) is 18.3 Å². The Labute approximate surface area is 76.9 Å². The number of hydrogen-bond acceptors (Lipinski definition) is 1. The Morgan fingerprint density at radius 1 is 1.31 bits per heavy atom. The zero-order valence-corrected chi connectivity index (χ0v) is 7.96. The molecule has 0 aromatic heterocycles. The molecule has 0 saturated carbocycles. The Balaban J connectivity index is 2.55. The predicted molar refractivity (Wildman–Crippen MR) is 45.5 cm³/mol. The largest absolute Gasteiger partial charge is 0.337 e. The van der Waals surface area contributed by atoms with Crippen molar-refractivity contribution in [3.05, 3.63) is 0 Å². The Bertz CT molecular complexity index is 186. The number of alkyl halides is 2. The van der Waals surface area contributed by atoms with Gasteiger partial charge in [0, 0.05) is 13.1 Å². The second-order valence-electron chi connectivity index (χ2n) is 3.99. The normalized spacial score (nSPS) is 29.5. The smallest absolute Gasteiger partial charge is 0.315 e. The summed E-state index contributed by atoms with van der Waals surface area (Å²) < 4.78 is 24.2. The van der Waals surface area contributed by atoms with Crippen LogP contribution in [0.2, 0.25) is 0 Å². The molecule has 0 aromatic carbocycles. The van der Waals surface area contributed by atoms with Gasteiger partial charge < -0.3 is 4.90 Å². The molecule has 1 amide bonds. The molecule has 1 aliphatic heterocycles. The van der Waals surface area contributed by atoms with Crippen LogP contribution in [0.1, 0.15) is 20.3 Å². The molecule has 2 nitrogen and oxygen atoms in total. The third kappa shape index (κ3) is 2.64. The molecule has 2 atom stereocenters. The first kappa shape index (κ1) is 10.4. The van der Waals surface area contributed by atoms with Gasteiger partial charge in [-0.25, -0.2) is 0 Å². The SMILES string of the molecule is CC1CC(C)CN(C(=O)C(F)F)C1. The van der Waals surface area contributed by atoms with E-state index >= 15 is 0 Å². The summed E-state index contributed by atoms with van der Waals surface area (Å²) in [5.74, 6) is -0.337. The molecule has 0 bridgehead atoms. The minimum absolute atomic E-state index is 0.339. The van der Waals surface area contributed by atoms with Gasteiger partial charge in [-0.15, -0.1) is 0 Å². The summed E-state index contributed by atoms with van der Waals surface area (Å²) in [7, 11) is 0. The topological polar surface area (TPSA) is 20.3 Å². The lowest BCUT2D eigenvalue weighted by molar-refractivity contribution is -0.145. The first-order chi connectivity index (χ1) is 6.00. The summed E-state index contributed by atoms with van der Waals surface area (Å²) in [6.07, 6.45) is -1.83. The van der Waals surface area contributed by atoms with Crippen LogP contribution in [-0.4, -0.2) is 30.3 Å². The molecule has 13 heavy (non-hydrogen) atoms. The molecule has 0 spiro atoms. The minimum Gasteiger partial charge on any atom is -0.337 e. The monoisotopic (exact) mass is 191 g/mol. The zero-order chi connectivity index (χ0) is 10.0. The van der Waals surface area contributed by atoms with Crippen LogP contribution in [0.3, 0.4) is 0 Å². The van der Waals surface area contributed by atoms with Gasteiger partial charge in [0.1, 0.15) is 0 Å². The number of likely N-dealkylation sites (tertiary alicyclic amines) is 1. The standard InChI is InChI=1S/C9H15F2NO/c1-6-3-7(2)5-12(4-6)9(13)8(10)11/h6-8H,3-5H2,1-2H3. The van der Waals surface area contributed by atoms with E-state index in [4.69, 9.17) is 0 Å². The molecule has 76 valence electrons. The molecule has 0 aromatic rings. The van der Waals surface area contributed by atoms with E-state index < -0.39 is 12.3 Å². The predicted octanol–water partition coefficient (Wildman–Crippen LogP) is 1.76. The maximum Gasteiger partial charge on any atom is 0.315 e. The first-order valence-electron chi connectivity index (χ1n) is 4.57. The summed E-state index contributed by atoms with van der Waals surface area (Å²) in [6.45, 7) is 4.93. The van der Waals surface area contributed by atoms with Gasteiger partial charge in [-0.2, -0.15) is 8.78 Å². The highest BCUT2D eigenvalue weighted by Gasteiger charge is 2.29. The van der Waals surface area contributed by atoms with Crippen molar-refractivity contribution < 1.29 is 13.6 Å². The average molecular weight is 191 g/mol. The minimum atomic E-state index is -2.85. The van der Waals surface area contributed by atoms with Crippen LogP contribution < -0.4 is 0 Å². The lowest BCUT2D eigenvalue weighted by Crippen LogP contribution is -2.45.